The highest BCUT2D eigenvalue weighted by molar-refractivity contribution is 5.92. The number of nitrogens with zero attached hydrogens (tertiary/aromatic N) is 2. The third-order valence-corrected chi connectivity index (χ3v) is 3.44. The number of aromatic nitrogens is 1. The summed E-state index contributed by atoms with van der Waals surface area (Å²) < 4.78 is 12.9. The maximum Gasteiger partial charge on any atom is 0.269 e. The molecular formula is C14H20FN3O2. The Labute approximate surface area is 117 Å². The number of carbonyl (C=O) groups is 1. The zero-order chi connectivity index (χ0) is 14.4. The molecular weight excluding hydrogens is 261 g/mol. The fourth-order valence-corrected chi connectivity index (χ4v) is 2.27. The average Bonchev–Trinajstić information content (AvgIpc) is 2.45. The molecule has 6 heteroatoms. The summed E-state index contributed by atoms with van der Waals surface area (Å²) in [6.45, 7) is 3.24. The van der Waals surface area contributed by atoms with Crippen LogP contribution < -0.4 is 5.32 Å². The van der Waals surface area contributed by atoms with Crippen LogP contribution in [0.25, 0.3) is 0 Å². The molecule has 20 heavy (non-hydrogen) atoms. The molecule has 0 aromatic carbocycles. The number of hydrogen-bond donors (Lipinski definition) is 2. The summed E-state index contributed by atoms with van der Waals surface area (Å²) in [5, 5.41) is 12.1. The van der Waals surface area contributed by atoms with Gasteiger partial charge in [0.15, 0.2) is 0 Å². The summed E-state index contributed by atoms with van der Waals surface area (Å²) in [6, 6.07) is 4.17. The van der Waals surface area contributed by atoms with Gasteiger partial charge in [-0.2, -0.15) is 4.39 Å². The summed E-state index contributed by atoms with van der Waals surface area (Å²) in [5.41, 5.74) is 0.103. The maximum atomic E-state index is 12.9. The molecule has 1 aromatic rings. The van der Waals surface area contributed by atoms with Gasteiger partial charge in [0.1, 0.15) is 5.69 Å². The first-order chi connectivity index (χ1) is 9.65. The van der Waals surface area contributed by atoms with Crippen LogP contribution in [0.1, 0.15) is 29.8 Å². The first kappa shape index (κ1) is 14.9. The number of rotatable bonds is 5. The van der Waals surface area contributed by atoms with Crippen molar-refractivity contribution in [2.45, 2.75) is 25.4 Å². The van der Waals surface area contributed by atoms with E-state index in [1.807, 2.05) is 0 Å². The number of nitrogens with one attached hydrogen (secondary N) is 1. The van der Waals surface area contributed by atoms with Crippen LogP contribution in [0.2, 0.25) is 0 Å². The topological polar surface area (TPSA) is 65.5 Å². The van der Waals surface area contributed by atoms with Gasteiger partial charge in [0.2, 0.25) is 5.95 Å². The fraction of sp³-hybridized carbons (Fsp3) is 0.571. The first-order valence-electron chi connectivity index (χ1n) is 6.96. The van der Waals surface area contributed by atoms with E-state index in [1.54, 1.807) is 0 Å². The van der Waals surface area contributed by atoms with E-state index in [0.717, 1.165) is 38.9 Å². The molecule has 110 valence electrons. The Bertz CT molecular complexity index is 448. The van der Waals surface area contributed by atoms with Gasteiger partial charge in [-0.3, -0.25) is 4.79 Å². The average molecular weight is 281 g/mol. The molecule has 0 aliphatic carbocycles. The molecule has 0 radical (unpaired) electrons. The largest absolute Gasteiger partial charge is 0.393 e. The van der Waals surface area contributed by atoms with Crippen LogP contribution in [0, 0.1) is 5.95 Å². The van der Waals surface area contributed by atoms with Crippen molar-refractivity contribution < 1.29 is 14.3 Å². The van der Waals surface area contributed by atoms with Crippen molar-refractivity contribution >= 4 is 5.91 Å². The molecule has 0 unspecified atom stereocenters. The molecule has 1 amide bonds. The number of halogens is 1. The SMILES string of the molecule is O=C(NCCCN1CCC(O)CC1)c1cccc(F)n1. The van der Waals surface area contributed by atoms with Crippen molar-refractivity contribution in [2.75, 3.05) is 26.2 Å². The molecule has 0 spiro atoms. The highest BCUT2D eigenvalue weighted by atomic mass is 19.1. The fourth-order valence-electron chi connectivity index (χ4n) is 2.27. The second kappa shape index (κ2) is 7.31. The monoisotopic (exact) mass is 281 g/mol. The van der Waals surface area contributed by atoms with Gasteiger partial charge in [0.05, 0.1) is 6.10 Å². The molecule has 1 saturated heterocycles. The quantitative estimate of drug-likeness (QED) is 0.619. The third-order valence-electron chi connectivity index (χ3n) is 3.44. The number of piperidine rings is 1. The molecule has 1 fully saturated rings. The lowest BCUT2D eigenvalue weighted by Gasteiger charge is -2.29. The summed E-state index contributed by atoms with van der Waals surface area (Å²) in [4.78, 5) is 17.5. The first-order valence-corrected chi connectivity index (χ1v) is 6.96. The van der Waals surface area contributed by atoms with Gasteiger partial charge >= 0.3 is 0 Å². The van der Waals surface area contributed by atoms with Crippen molar-refractivity contribution in [2.24, 2.45) is 0 Å². The second-order valence-electron chi connectivity index (χ2n) is 5.03. The van der Waals surface area contributed by atoms with E-state index >= 15 is 0 Å². The smallest absolute Gasteiger partial charge is 0.269 e. The predicted molar refractivity (Wildman–Crippen MR) is 72.8 cm³/mol. The highest BCUT2D eigenvalue weighted by Gasteiger charge is 2.16. The number of pyridine rings is 1. The van der Waals surface area contributed by atoms with Gasteiger partial charge in [-0.1, -0.05) is 6.07 Å². The lowest BCUT2D eigenvalue weighted by Crippen LogP contribution is -2.37. The van der Waals surface area contributed by atoms with Crippen molar-refractivity contribution in [3.8, 4) is 0 Å². The minimum atomic E-state index is -0.649. The zero-order valence-corrected chi connectivity index (χ0v) is 11.4. The highest BCUT2D eigenvalue weighted by Crippen LogP contribution is 2.09. The van der Waals surface area contributed by atoms with Gasteiger partial charge in [-0.15, -0.1) is 0 Å². The number of carbonyl (C=O) groups excluding carboxylic acids is 1. The van der Waals surface area contributed by atoms with E-state index in [1.165, 1.54) is 18.2 Å². The summed E-state index contributed by atoms with van der Waals surface area (Å²) in [6.07, 6.45) is 2.31. The summed E-state index contributed by atoms with van der Waals surface area (Å²) in [5.74, 6) is -0.997. The molecule has 1 aromatic heterocycles. The van der Waals surface area contributed by atoms with Crippen molar-refractivity contribution in [1.29, 1.82) is 0 Å². The summed E-state index contributed by atoms with van der Waals surface area (Å²) in [7, 11) is 0. The van der Waals surface area contributed by atoms with E-state index in [9.17, 15) is 14.3 Å². The number of hydrogen-bond acceptors (Lipinski definition) is 4. The molecule has 2 heterocycles. The molecule has 0 bridgehead atoms. The Morgan fingerprint density at radius 1 is 1.45 bits per heavy atom. The lowest BCUT2D eigenvalue weighted by atomic mass is 10.1. The Balaban J connectivity index is 1.64. The van der Waals surface area contributed by atoms with Crippen molar-refractivity contribution in [3.63, 3.8) is 0 Å². The van der Waals surface area contributed by atoms with E-state index in [-0.39, 0.29) is 17.7 Å². The Hall–Kier alpha value is -1.53. The van der Waals surface area contributed by atoms with Crippen LogP contribution in [0.15, 0.2) is 18.2 Å². The van der Waals surface area contributed by atoms with E-state index < -0.39 is 5.95 Å². The van der Waals surface area contributed by atoms with Crippen LogP contribution in [0.4, 0.5) is 4.39 Å². The Morgan fingerprint density at radius 2 is 2.20 bits per heavy atom. The lowest BCUT2D eigenvalue weighted by molar-refractivity contribution is 0.0816. The standard InChI is InChI=1S/C14H20FN3O2/c15-13-4-1-3-12(17-13)14(20)16-7-2-8-18-9-5-11(19)6-10-18/h1,3-4,11,19H,2,5-10H2,(H,16,20). The van der Waals surface area contributed by atoms with Gasteiger partial charge in [-0.05, 0) is 37.9 Å². The van der Waals surface area contributed by atoms with Crippen LogP contribution in [-0.2, 0) is 0 Å². The number of amides is 1. The van der Waals surface area contributed by atoms with Crippen molar-refractivity contribution in [1.82, 2.24) is 15.2 Å². The number of likely N-dealkylation sites (tertiary alicyclic amines) is 1. The second-order valence-corrected chi connectivity index (χ2v) is 5.03. The van der Waals surface area contributed by atoms with E-state index in [4.69, 9.17) is 0 Å². The zero-order valence-electron chi connectivity index (χ0n) is 11.4. The van der Waals surface area contributed by atoms with Crippen LogP contribution in [-0.4, -0.2) is 53.2 Å². The summed E-state index contributed by atoms with van der Waals surface area (Å²) >= 11 is 0. The normalized spacial score (nSPS) is 17.1. The number of aliphatic hydroxyl groups excluding tert-OH is 1. The van der Waals surface area contributed by atoms with Gasteiger partial charge in [0.25, 0.3) is 5.91 Å². The molecule has 5 nitrogen and oxygen atoms in total. The van der Waals surface area contributed by atoms with Gasteiger partial charge in [-0.25, -0.2) is 4.98 Å². The molecule has 2 rings (SSSR count). The van der Waals surface area contributed by atoms with Crippen LogP contribution in [0.5, 0.6) is 0 Å². The predicted octanol–water partition coefficient (Wildman–Crippen LogP) is 0.797. The Morgan fingerprint density at radius 3 is 2.90 bits per heavy atom. The van der Waals surface area contributed by atoms with Crippen LogP contribution >= 0.6 is 0 Å². The van der Waals surface area contributed by atoms with Gasteiger partial charge in [0, 0.05) is 19.6 Å². The van der Waals surface area contributed by atoms with Crippen molar-refractivity contribution in [3.05, 3.63) is 29.8 Å². The minimum absolute atomic E-state index is 0.103. The molecule has 0 atom stereocenters. The molecule has 0 saturated carbocycles. The van der Waals surface area contributed by atoms with E-state index in [0.29, 0.717) is 6.54 Å². The number of aliphatic hydroxyl groups is 1. The Kier molecular flexibility index (Phi) is 5.43. The third kappa shape index (κ3) is 4.54. The van der Waals surface area contributed by atoms with Gasteiger partial charge < -0.3 is 15.3 Å². The molecule has 2 N–H and O–H groups in total. The maximum absolute atomic E-state index is 12.9. The van der Waals surface area contributed by atoms with E-state index in [2.05, 4.69) is 15.2 Å². The molecule has 1 aliphatic heterocycles. The molecule has 1 aliphatic rings. The van der Waals surface area contributed by atoms with Crippen LogP contribution in [0.3, 0.4) is 0 Å². The minimum Gasteiger partial charge on any atom is -0.393 e.